The zero-order valence-corrected chi connectivity index (χ0v) is 11.4. The highest BCUT2D eigenvalue weighted by Crippen LogP contribution is 2.27. The van der Waals surface area contributed by atoms with Crippen molar-refractivity contribution in [2.24, 2.45) is 5.73 Å². The van der Waals surface area contributed by atoms with E-state index in [1.54, 1.807) is 11.3 Å². The second kappa shape index (κ2) is 5.55. The van der Waals surface area contributed by atoms with Gasteiger partial charge in [0.2, 0.25) is 5.89 Å². The molecule has 0 aliphatic carbocycles. The van der Waals surface area contributed by atoms with Gasteiger partial charge in [-0.05, 0) is 11.4 Å². The fourth-order valence-corrected chi connectivity index (χ4v) is 2.76. The third-order valence-electron chi connectivity index (χ3n) is 2.29. The van der Waals surface area contributed by atoms with E-state index in [1.165, 1.54) is 11.8 Å². The van der Waals surface area contributed by atoms with E-state index in [2.05, 4.69) is 15.4 Å². The van der Waals surface area contributed by atoms with Crippen LogP contribution >= 0.6 is 23.1 Å². The first-order chi connectivity index (χ1) is 9.35. The molecule has 0 radical (unpaired) electrons. The Balaban J connectivity index is 1.64. The fourth-order valence-electron chi connectivity index (χ4n) is 1.43. The van der Waals surface area contributed by atoms with Crippen LogP contribution in [0.15, 0.2) is 37.7 Å². The maximum atomic E-state index is 5.40. The molecule has 0 aliphatic heterocycles. The van der Waals surface area contributed by atoms with Crippen LogP contribution in [0.3, 0.4) is 0 Å². The molecule has 0 aliphatic rings. The van der Waals surface area contributed by atoms with Gasteiger partial charge in [-0.3, -0.25) is 0 Å². The fraction of sp³-hybridized carbons (Fsp3) is 0.182. The van der Waals surface area contributed by atoms with Crippen molar-refractivity contribution in [1.82, 2.24) is 15.4 Å². The van der Waals surface area contributed by atoms with Gasteiger partial charge in [-0.2, -0.15) is 0 Å². The summed E-state index contributed by atoms with van der Waals surface area (Å²) in [6.45, 7) is 0.250. The van der Waals surface area contributed by atoms with Gasteiger partial charge in [-0.25, -0.2) is 0 Å². The van der Waals surface area contributed by atoms with Crippen molar-refractivity contribution >= 4 is 23.1 Å². The predicted octanol–water partition coefficient (Wildman–Crippen LogP) is 2.54. The van der Waals surface area contributed by atoms with Crippen LogP contribution in [0.4, 0.5) is 0 Å². The number of hydrogen-bond donors (Lipinski definition) is 1. The average molecular weight is 294 g/mol. The van der Waals surface area contributed by atoms with Crippen molar-refractivity contribution in [2.45, 2.75) is 17.5 Å². The second-order valence-corrected chi connectivity index (χ2v) is 5.49. The van der Waals surface area contributed by atoms with Gasteiger partial charge < -0.3 is 14.7 Å². The lowest BCUT2D eigenvalue weighted by molar-refractivity contribution is 0.414. The molecule has 0 atom stereocenters. The lowest BCUT2D eigenvalue weighted by atomic mass is 10.3. The first-order valence-corrected chi connectivity index (χ1v) is 7.36. The van der Waals surface area contributed by atoms with Crippen molar-refractivity contribution in [3.05, 3.63) is 35.2 Å². The summed E-state index contributed by atoms with van der Waals surface area (Å²) in [4.78, 5) is 1.06. The average Bonchev–Trinajstić information content (AvgIpc) is 3.16. The van der Waals surface area contributed by atoms with E-state index in [9.17, 15) is 0 Å². The van der Waals surface area contributed by atoms with Gasteiger partial charge in [0.15, 0.2) is 5.76 Å². The smallest absolute Gasteiger partial charge is 0.277 e. The third-order valence-corrected chi connectivity index (χ3v) is 4.03. The van der Waals surface area contributed by atoms with Gasteiger partial charge in [-0.1, -0.05) is 23.0 Å². The highest BCUT2D eigenvalue weighted by Gasteiger charge is 2.10. The van der Waals surface area contributed by atoms with Crippen LogP contribution < -0.4 is 5.73 Å². The Labute approximate surface area is 117 Å². The molecule has 3 aromatic heterocycles. The molecule has 6 nitrogen and oxygen atoms in total. The summed E-state index contributed by atoms with van der Waals surface area (Å²) in [5.74, 6) is 1.82. The number of aromatic nitrogens is 3. The highest BCUT2D eigenvalue weighted by atomic mass is 32.2. The highest BCUT2D eigenvalue weighted by molar-refractivity contribution is 7.98. The summed E-state index contributed by atoms with van der Waals surface area (Å²) >= 11 is 3.02. The molecule has 0 fully saturated rings. The summed E-state index contributed by atoms with van der Waals surface area (Å²) < 4.78 is 10.6. The molecule has 0 bridgehead atoms. The molecule has 19 heavy (non-hydrogen) atoms. The topological polar surface area (TPSA) is 91.0 Å². The Morgan fingerprint density at radius 2 is 2.32 bits per heavy atom. The maximum Gasteiger partial charge on any atom is 0.277 e. The van der Waals surface area contributed by atoms with E-state index < -0.39 is 0 Å². The quantitative estimate of drug-likeness (QED) is 0.723. The van der Waals surface area contributed by atoms with Gasteiger partial charge in [0.05, 0.1) is 17.1 Å². The number of nitrogens with two attached hydrogens (primary N) is 1. The summed E-state index contributed by atoms with van der Waals surface area (Å²) in [6, 6.07) is 5.89. The Morgan fingerprint density at radius 1 is 1.37 bits per heavy atom. The van der Waals surface area contributed by atoms with Gasteiger partial charge in [0.1, 0.15) is 0 Å². The van der Waals surface area contributed by atoms with Crippen LogP contribution in [0.25, 0.3) is 10.6 Å². The van der Waals surface area contributed by atoms with E-state index in [0.29, 0.717) is 16.9 Å². The molecule has 0 spiro atoms. The molecule has 0 amide bonds. The first kappa shape index (κ1) is 12.4. The van der Waals surface area contributed by atoms with E-state index >= 15 is 0 Å². The van der Waals surface area contributed by atoms with E-state index in [1.807, 2.05) is 23.6 Å². The van der Waals surface area contributed by atoms with Crippen LogP contribution in [0.2, 0.25) is 0 Å². The minimum absolute atomic E-state index is 0.250. The van der Waals surface area contributed by atoms with Gasteiger partial charge in [-0.15, -0.1) is 21.5 Å². The molecule has 3 aromatic rings. The van der Waals surface area contributed by atoms with Gasteiger partial charge in [0, 0.05) is 11.8 Å². The number of thiophene rings is 1. The zero-order valence-electron chi connectivity index (χ0n) is 9.78. The second-order valence-electron chi connectivity index (χ2n) is 3.61. The molecule has 3 heterocycles. The summed E-state index contributed by atoms with van der Waals surface area (Å²) in [5, 5.41) is 14.2. The van der Waals surface area contributed by atoms with E-state index in [0.717, 1.165) is 16.3 Å². The summed E-state index contributed by atoms with van der Waals surface area (Å²) in [6.07, 6.45) is 0. The monoisotopic (exact) mass is 294 g/mol. The zero-order chi connectivity index (χ0) is 13.1. The number of rotatable bonds is 5. The Kier molecular flexibility index (Phi) is 3.62. The molecular weight excluding hydrogens is 284 g/mol. The summed E-state index contributed by atoms with van der Waals surface area (Å²) in [7, 11) is 0. The number of thioether (sulfide) groups is 1. The Morgan fingerprint density at radius 3 is 3.05 bits per heavy atom. The predicted molar refractivity (Wildman–Crippen MR) is 71.6 cm³/mol. The van der Waals surface area contributed by atoms with Crippen LogP contribution in [0.1, 0.15) is 11.6 Å². The van der Waals surface area contributed by atoms with E-state index in [-0.39, 0.29) is 6.54 Å². The normalized spacial score (nSPS) is 11.0. The molecule has 0 aromatic carbocycles. The van der Waals surface area contributed by atoms with Crippen molar-refractivity contribution < 1.29 is 8.94 Å². The lowest BCUT2D eigenvalue weighted by Crippen LogP contribution is -1.95. The Hall–Kier alpha value is -1.64. The first-order valence-electron chi connectivity index (χ1n) is 5.50. The molecule has 2 N–H and O–H groups in total. The maximum absolute atomic E-state index is 5.40. The molecule has 0 saturated heterocycles. The van der Waals surface area contributed by atoms with Crippen LogP contribution in [0.5, 0.6) is 0 Å². The molecule has 8 heteroatoms. The Bertz CT molecular complexity index is 647. The van der Waals surface area contributed by atoms with E-state index in [4.69, 9.17) is 14.7 Å². The van der Waals surface area contributed by atoms with Crippen molar-refractivity contribution in [1.29, 1.82) is 0 Å². The molecule has 3 rings (SSSR count). The van der Waals surface area contributed by atoms with Crippen molar-refractivity contribution in [3.63, 3.8) is 0 Å². The summed E-state index contributed by atoms with van der Waals surface area (Å²) in [5.41, 5.74) is 6.23. The van der Waals surface area contributed by atoms with Crippen molar-refractivity contribution in [2.75, 3.05) is 0 Å². The van der Waals surface area contributed by atoms with Crippen LogP contribution in [-0.2, 0) is 12.3 Å². The van der Waals surface area contributed by atoms with Gasteiger partial charge in [0.25, 0.3) is 5.22 Å². The van der Waals surface area contributed by atoms with Crippen LogP contribution in [0, 0.1) is 0 Å². The minimum Gasteiger partial charge on any atom is -0.415 e. The molecule has 0 saturated carbocycles. The number of hydrogen-bond acceptors (Lipinski definition) is 8. The molecular formula is C11H10N4O2S2. The van der Waals surface area contributed by atoms with Crippen LogP contribution in [-0.4, -0.2) is 15.4 Å². The molecule has 0 unspecified atom stereocenters. The third kappa shape index (κ3) is 2.86. The van der Waals surface area contributed by atoms with Gasteiger partial charge >= 0.3 is 0 Å². The lowest BCUT2D eigenvalue weighted by Gasteiger charge is -1.89. The standard InChI is InChI=1S/C11H10N4O2S2/c12-5-10-13-14-11(16-10)19-6-7-4-8(17-15-7)9-2-1-3-18-9/h1-4H,5-6,12H2. The minimum atomic E-state index is 0.250. The largest absolute Gasteiger partial charge is 0.415 e. The number of nitrogens with zero attached hydrogens (tertiary/aromatic N) is 3. The van der Waals surface area contributed by atoms with Crippen molar-refractivity contribution in [3.8, 4) is 10.6 Å². The molecule has 98 valence electrons. The SMILES string of the molecule is NCc1nnc(SCc2cc(-c3cccs3)on2)o1.